The molecule has 0 unspecified atom stereocenters. The molecule has 2 amide bonds. The molecule has 1 saturated carbocycles. The Kier molecular flexibility index (Phi) is 9.97. The highest BCUT2D eigenvalue weighted by Gasteiger charge is 2.22. The minimum Gasteiger partial charge on any atom is -0.481 e. The Morgan fingerprint density at radius 2 is 1.49 bits per heavy atom. The highest BCUT2D eigenvalue weighted by molar-refractivity contribution is 6.07. The fourth-order valence-corrected chi connectivity index (χ4v) is 4.53. The summed E-state index contributed by atoms with van der Waals surface area (Å²) in [5.74, 6) is -0.139. The first-order valence-electron chi connectivity index (χ1n) is 12.4. The number of nitrogens with one attached hydrogen (secondary N) is 2. The Morgan fingerprint density at radius 1 is 0.919 bits per heavy atom. The first-order valence-corrected chi connectivity index (χ1v) is 12.4. The number of carboxylic acid groups (broad SMARTS) is 2. The van der Waals surface area contributed by atoms with E-state index in [1.54, 1.807) is 0 Å². The zero-order chi connectivity index (χ0) is 26.8. The van der Waals surface area contributed by atoms with Gasteiger partial charge in [0.25, 0.3) is 11.9 Å². The van der Waals surface area contributed by atoms with E-state index in [1.165, 1.54) is 0 Å². The average molecular weight is 507 g/mol. The first-order chi connectivity index (χ1) is 17.8. The minimum absolute atomic E-state index is 0.0944. The van der Waals surface area contributed by atoms with Gasteiger partial charge in [-0.05, 0) is 55.2 Å². The second-order valence-corrected chi connectivity index (χ2v) is 9.28. The first kappa shape index (κ1) is 27.6. The minimum atomic E-state index is -0.969. The predicted molar refractivity (Wildman–Crippen MR) is 142 cm³/mol. The van der Waals surface area contributed by atoms with Crippen molar-refractivity contribution in [3.8, 4) is 11.3 Å². The number of benzene rings is 2. The normalized spacial score (nSPS) is 16.8. The summed E-state index contributed by atoms with van der Waals surface area (Å²) in [6, 6.07) is 17.5. The summed E-state index contributed by atoms with van der Waals surface area (Å²) in [5.41, 5.74) is 9.87. The summed E-state index contributed by atoms with van der Waals surface area (Å²) in [5, 5.41) is 22.6. The molecule has 0 radical (unpaired) electrons. The van der Waals surface area contributed by atoms with Crippen molar-refractivity contribution in [2.75, 3.05) is 13.1 Å². The highest BCUT2D eigenvalue weighted by atomic mass is 16.4. The molecule has 196 valence electrons. The SMILES string of the molecule is CC(=O)O.NCc1ccc(-c2cc(C(=O)NC[C@H]3CC[C@H](CNC(=O)O)CC3)c3ccccc3n2)cc1. The smallest absolute Gasteiger partial charge is 0.404 e. The van der Waals surface area contributed by atoms with E-state index < -0.39 is 12.1 Å². The third-order valence-corrected chi connectivity index (χ3v) is 6.51. The molecule has 0 atom stereocenters. The number of hydrogen-bond donors (Lipinski definition) is 5. The van der Waals surface area contributed by atoms with Crippen LogP contribution in [0, 0.1) is 11.8 Å². The van der Waals surface area contributed by atoms with Crippen molar-refractivity contribution in [1.82, 2.24) is 15.6 Å². The summed E-state index contributed by atoms with van der Waals surface area (Å²) >= 11 is 0. The van der Waals surface area contributed by atoms with Crippen molar-refractivity contribution in [3.05, 3.63) is 65.7 Å². The van der Waals surface area contributed by atoms with Crippen LogP contribution in [0.5, 0.6) is 0 Å². The van der Waals surface area contributed by atoms with E-state index in [0.29, 0.717) is 37.0 Å². The highest BCUT2D eigenvalue weighted by Crippen LogP contribution is 2.29. The monoisotopic (exact) mass is 506 g/mol. The second kappa shape index (κ2) is 13.4. The Labute approximate surface area is 216 Å². The summed E-state index contributed by atoms with van der Waals surface area (Å²) in [7, 11) is 0. The number of carbonyl (C=O) groups excluding carboxylic acids is 1. The maximum atomic E-state index is 13.2. The quantitative estimate of drug-likeness (QED) is 0.321. The summed E-state index contributed by atoms with van der Waals surface area (Å²) in [6.45, 7) is 2.69. The number of amides is 2. The van der Waals surface area contributed by atoms with Gasteiger partial charge >= 0.3 is 6.09 Å². The number of nitrogens with two attached hydrogens (primary N) is 1. The Balaban J connectivity index is 0.000000886. The predicted octanol–water partition coefficient (Wildman–Crippen LogP) is 4.26. The largest absolute Gasteiger partial charge is 0.481 e. The van der Waals surface area contributed by atoms with Gasteiger partial charge in [0.2, 0.25) is 0 Å². The van der Waals surface area contributed by atoms with Gasteiger partial charge in [0.05, 0.1) is 16.8 Å². The molecule has 0 spiro atoms. The lowest BCUT2D eigenvalue weighted by atomic mass is 9.82. The van der Waals surface area contributed by atoms with Gasteiger partial charge < -0.3 is 26.6 Å². The van der Waals surface area contributed by atoms with Crippen molar-refractivity contribution in [3.63, 3.8) is 0 Å². The van der Waals surface area contributed by atoms with E-state index in [0.717, 1.165) is 60.3 Å². The van der Waals surface area contributed by atoms with Crippen molar-refractivity contribution >= 4 is 28.9 Å². The summed E-state index contributed by atoms with van der Waals surface area (Å²) in [4.78, 5) is 37.7. The van der Waals surface area contributed by atoms with Crippen LogP contribution in [0.2, 0.25) is 0 Å². The van der Waals surface area contributed by atoms with Crippen LogP contribution in [0.15, 0.2) is 54.6 Å². The van der Waals surface area contributed by atoms with Gasteiger partial charge in [-0.1, -0.05) is 42.5 Å². The van der Waals surface area contributed by atoms with E-state index >= 15 is 0 Å². The van der Waals surface area contributed by atoms with Crippen LogP contribution in [0.4, 0.5) is 4.79 Å². The molecule has 4 rings (SSSR count). The van der Waals surface area contributed by atoms with Crippen LogP contribution in [-0.2, 0) is 11.3 Å². The fourth-order valence-electron chi connectivity index (χ4n) is 4.53. The van der Waals surface area contributed by atoms with Gasteiger partial charge in [-0.2, -0.15) is 0 Å². The zero-order valence-corrected chi connectivity index (χ0v) is 20.9. The van der Waals surface area contributed by atoms with Gasteiger partial charge in [0.1, 0.15) is 0 Å². The molecule has 1 aliphatic carbocycles. The second-order valence-electron chi connectivity index (χ2n) is 9.28. The van der Waals surface area contributed by atoms with Crippen molar-refractivity contribution in [1.29, 1.82) is 0 Å². The van der Waals surface area contributed by atoms with Crippen LogP contribution in [0.3, 0.4) is 0 Å². The third-order valence-electron chi connectivity index (χ3n) is 6.51. The molecule has 2 aromatic carbocycles. The number of carbonyl (C=O) groups is 3. The number of aliphatic carboxylic acids is 1. The number of rotatable bonds is 7. The number of para-hydroxylation sites is 1. The zero-order valence-electron chi connectivity index (χ0n) is 20.9. The molecule has 9 heteroatoms. The summed E-state index contributed by atoms with van der Waals surface area (Å²) in [6.07, 6.45) is 2.96. The molecule has 1 aromatic heterocycles. The van der Waals surface area contributed by atoms with Gasteiger partial charge in [-0.3, -0.25) is 9.59 Å². The third kappa shape index (κ3) is 8.28. The molecular weight excluding hydrogens is 472 g/mol. The summed E-state index contributed by atoms with van der Waals surface area (Å²) < 4.78 is 0. The number of carboxylic acids is 1. The number of hydrogen-bond acceptors (Lipinski definition) is 5. The number of pyridine rings is 1. The van der Waals surface area contributed by atoms with Gasteiger partial charge in [0, 0.05) is 37.5 Å². The molecule has 9 nitrogen and oxygen atoms in total. The van der Waals surface area contributed by atoms with E-state index in [2.05, 4.69) is 10.6 Å². The number of aromatic nitrogens is 1. The fraction of sp³-hybridized carbons (Fsp3) is 0.357. The Hall–Kier alpha value is -3.98. The molecule has 1 aliphatic rings. The lowest BCUT2D eigenvalue weighted by molar-refractivity contribution is -0.134. The van der Waals surface area contributed by atoms with E-state index in [-0.39, 0.29) is 5.91 Å². The van der Waals surface area contributed by atoms with Crippen molar-refractivity contribution < 1.29 is 24.6 Å². The maximum absolute atomic E-state index is 13.2. The lowest BCUT2D eigenvalue weighted by Crippen LogP contribution is -2.34. The van der Waals surface area contributed by atoms with Crippen LogP contribution in [-0.4, -0.2) is 46.3 Å². The molecule has 1 fully saturated rings. The van der Waals surface area contributed by atoms with E-state index in [4.69, 9.17) is 25.7 Å². The molecule has 6 N–H and O–H groups in total. The van der Waals surface area contributed by atoms with Gasteiger partial charge in [0.15, 0.2) is 0 Å². The molecule has 0 saturated heterocycles. The molecule has 3 aromatic rings. The number of fused-ring (bicyclic) bond motifs is 1. The molecule has 37 heavy (non-hydrogen) atoms. The van der Waals surface area contributed by atoms with Crippen LogP contribution in [0.1, 0.15) is 48.5 Å². The van der Waals surface area contributed by atoms with E-state index in [9.17, 15) is 9.59 Å². The lowest BCUT2D eigenvalue weighted by Gasteiger charge is -2.28. The van der Waals surface area contributed by atoms with E-state index in [1.807, 2.05) is 54.6 Å². The number of nitrogens with zero attached hydrogens (tertiary/aromatic N) is 1. The van der Waals surface area contributed by atoms with Crippen LogP contribution in [0.25, 0.3) is 22.2 Å². The Morgan fingerprint density at radius 3 is 2.05 bits per heavy atom. The molecule has 1 heterocycles. The van der Waals surface area contributed by atoms with Gasteiger partial charge in [-0.25, -0.2) is 9.78 Å². The Bertz CT molecular complexity index is 1220. The van der Waals surface area contributed by atoms with Crippen LogP contribution >= 0.6 is 0 Å². The standard InChI is InChI=1S/C26H30N4O3.C2H4O2/c27-14-17-9-11-20(12-10-17)24-13-22(21-3-1-2-4-23(21)30-24)25(31)28-15-18-5-7-19(8-6-18)16-29-26(32)33;1-2(3)4/h1-4,9-13,18-19,29H,5-8,14-16,27H2,(H,28,31)(H,32,33);1H3,(H,3,4)/t18-,19-;. The average Bonchev–Trinajstić information content (AvgIpc) is 2.90. The van der Waals surface area contributed by atoms with Gasteiger partial charge in [-0.15, -0.1) is 0 Å². The molecular formula is C28H34N4O5. The maximum Gasteiger partial charge on any atom is 0.404 e. The van der Waals surface area contributed by atoms with Crippen molar-refractivity contribution in [2.24, 2.45) is 17.6 Å². The van der Waals surface area contributed by atoms with Crippen LogP contribution < -0.4 is 16.4 Å². The molecule has 0 bridgehead atoms. The molecule has 0 aliphatic heterocycles. The topological polar surface area (TPSA) is 155 Å². The van der Waals surface area contributed by atoms with Crippen molar-refractivity contribution in [2.45, 2.75) is 39.2 Å².